The maximum Gasteiger partial charge on any atom is 0.337 e. The van der Waals surface area contributed by atoms with Gasteiger partial charge < -0.3 is 10.1 Å². The summed E-state index contributed by atoms with van der Waals surface area (Å²) in [6.07, 6.45) is 1.28. The van der Waals surface area contributed by atoms with E-state index in [-0.39, 0.29) is 17.0 Å². The van der Waals surface area contributed by atoms with Gasteiger partial charge in [-0.15, -0.1) is 0 Å². The monoisotopic (exact) mass is 249 g/mol. The predicted octanol–water partition coefficient (Wildman–Crippen LogP) is 2.60. The number of H-pyrrole nitrogens is 1. The Morgan fingerprint density at radius 1 is 1.18 bits per heavy atom. The largest absolute Gasteiger partial charge is 0.478 e. The molecule has 0 aliphatic rings. The van der Waals surface area contributed by atoms with Gasteiger partial charge in [0.1, 0.15) is 0 Å². The molecule has 1 heterocycles. The van der Waals surface area contributed by atoms with Crippen molar-refractivity contribution in [2.24, 2.45) is 0 Å². The van der Waals surface area contributed by atoms with Crippen LogP contribution in [0, 0.1) is 0 Å². The summed E-state index contributed by atoms with van der Waals surface area (Å²) in [5, 5.41) is 9.20. The number of carboxylic acid groups (broad SMARTS) is 1. The summed E-state index contributed by atoms with van der Waals surface area (Å²) in [7, 11) is 0. The van der Waals surface area contributed by atoms with Crippen molar-refractivity contribution in [3.05, 3.63) is 58.4 Å². The van der Waals surface area contributed by atoms with Crippen LogP contribution < -0.4 is 0 Å². The van der Waals surface area contributed by atoms with Gasteiger partial charge in [-0.3, -0.25) is 4.79 Å². The first kappa shape index (κ1) is 11.4. The molecule has 2 aromatic rings. The van der Waals surface area contributed by atoms with Gasteiger partial charge in [0.25, 0.3) is 0 Å². The van der Waals surface area contributed by atoms with Crippen molar-refractivity contribution in [1.82, 2.24) is 4.98 Å². The first-order valence-corrected chi connectivity index (χ1v) is 5.17. The van der Waals surface area contributed by atoms with Crippen LogP contribution in [0.25, 0.3) is 0 Å². The number of carboxylic acids is 1. The Bertz CT molecular complexity index is 589. The molecule has 0 aliphatic carbocycles. The maximum absolute atomic E-state index is 12.0. The first-order chi connectivity index (χ1) is 8.08. The second-order valence-corrected chi connectivity index (χ2v) is 3.88. The first-order valence-electron chi connectivity index (χ1n) is 4.80. The topological polar surface area (TPSA) is 70.2 Å². The zero-order chi connectivity index (χ0) is 12.4. The number of rotatable bonds is 3. The molecular weight excluding hydrogens is 242 g/mol. The zero-order valence-corrected chi connectivity index (χ0v) is 9.36. The van der Waals surface area contributed by atoms with E-state index in [0.29, 0.717) is 10.6 Å². The minimum atomic E-state index is -1.08. The number of aromatic nitrogens is 1. The van der Waals surface area contributed by atoms with Crippen LogP contribution in [-0.4, -0.2) is 21.8 Å². The van der Waals surface area contributed by atoms with Crippen LogP contribution >= 0.6 is 11.6 Å². The zero-order valence-electron chi connectivity index (χ0n) is 8.61. The molecule has 0 amide bonds. The molecule has 17 heavy (non-hydrogen) atoms. The van der Waals surface area contributed by atoms with Gasteiger partial charge in [0, 0.05) is 16.8 Å². The quantitative estimate of drug-likeness (QED) is 0.822. The van der Waals surface area contributed by atoms with Crippen molar-refractivity contribution < 1.29 is 14.7 Å². The lowest BCUT2D eigenvalue weighted by molar-refractivity contribution is 0.0697. The van der Waals surface area contributed by atoms with Crippen molar-refractivity contribution in [2.45, 2.75) is 0 Å². The summed E-state index contributed by atoms with van der Waals surface area (Å²) in [5.74, 6) is -1.37. The summed E-state index contributed by atoms with van der Waals surface area (Å²) >= 11 is 5.78. The number of aromatic carboxylic acids is 1. The third-order valence-electron chi connectivity index (χ3n) is 2.26. The Kier molecular flexibility index (Phi) is 2.97. The van der Waals surface area contributed by atoms with E-state index < -0.39 is 5.97 Å². The van der Waals surface area contributed by atoms with E-state index >= 15 is 0 Å². The summed E-state index contributed by atoms with van der Waals surface area (Å²) in [5.41, 5.74) is 0.691. The number of ketones is 1. The average molecular weight is 250 g/mol. The lowest BCUT2D eigenvalue weighted by Gasteiger charge is -1.98. The van der Waals surface area contributed by atoms with Crippen molar-refractivity contribution in [1.29, 1.82) is 0 Å². The highest BCUT2D eigenvalue weighted by molar-refractivity contribution is 6.31. The van der Waals surface area contributed by atoms with E-state index in [1.54, 1.807) is 18.2 Å². The number of nitrogens with one attached hydrogen (secondary N) is 1. The molecule has 2 N–H and O–H groups in total. The van der Waals surface area contributed by atoms with Crippen LogP contribution in [0.5, 0.6) is 0 Å². The van der Waals surface area contributed by atoms with Gasteiger partial charge in [0.15, 0.2) is 0 Å². The predicted molar refractivity (Wildman–Crippen MR) is 62.6 cm³/mol. The standard InChI is InChI=1S/C12H8ClNO3/c13-9-3-1-2-7(4-9)11(15)10-5-8(6-14-10)12(16)17/h1-6,14H,(H,16,17). The molecule has 0 aliphatic heterocycles. The maximum atomic E-state index is 12.0. The van der Waals surface area contributed by atoms with Crippen LogP contribution in [-0.2, 0) is 0 Å². The molecular formula is C12H8ClNO3. The SMILES string of the molecule is O=C(O)c1c[nH]c(C(=O)c2cccc(Cl)c2)c1. The van der Waals surface area contributed by atoms with Gasteiger partial charge in [0.05, 0.1) is 11.3 Å². The molecule has 4 nitrogen and oxygen atoms in total. The molecule has 0 fully saturated rings. The molecule has 0 spiro atoms. The van der Waals surface area contributed by atoms with E-state index in [9.17, 15) is 9.59 Å². The minimum Gasteiger partial charge on any atom is -0.478 e. The third kappa shape index (κ3) is 2.37. The molecule has 1 aromatic carbocycles. The Balaban J connectivity index is 2.34. The number of aromatic amines is 1. The normalized spacial score (nSPS) is 10.2. The number of benzene rings is 1. The van der Waals surface area contributed by atoms with E-state index in [0.717, 1.165) is 0 Å². The van der Waals surface area contributed by atoms with E-state index in [2.05, 4.69) is 4.98 Å². The Morgan fingerprint density at radius 3 is 2.53 bits per heavy atom. The number of halogens is 1. The Labute approximate surface area is 102 Å². The van der Waals surface area contributed by atoms with Crippen molar-refractivity contribution >= 4 is 23.4 Å². The lowest BCUT2D eigenvalue weighted by atomic mass is 10.1. The lowest BCUT2D eigenvalue weighted by Crippen LogP contribution is -2.01. The van der Waals surface area contributed by atoms with Crippen molar-refractivity contribution in [2.75, 3.05) is 0 Å². The van der Waals surface area contributed by atoms with Crippen LogP contribution in [0.15, 0.2) is 36.5 Å². The molecule has 0 unspecified atom stereocenters. The molecule has 0 radical (unpaired) electrons. The van der Waals surface area contributed by atoms with E-state index in [4.69, 9.17) is 16.7 Å². The summed E-state index contributed by atoms with van der Waals surface area (Å²) in [4.78, 5) is 25.3. The number of hydrogen-bond donors (Lipinski definition) is 2. The van der Waals surface area contributed by atoms with Gasteiger partial charge >= 0.3 is 5.97 Å². The number of hydrogen-bond acceptors (Lipinski definition) is 2. The number of carbonyl (C=O) groups is 2. The number of carbonyl (C=O) groups excluding carboxylic acids is 1. The van der Waals surface area contributed by atoms with Gasteiger partial charge in [-0.25, -0.2) is 4.79 Å². The van der Waals surface area contributed by atoms with Gasteiger partial charge in [-0.05, 0) is 18.2 Å². The van der Waals surface area contributed by atoms with Gasteiger partial charge in [0.2, 0.25) is 5.78 Å². The fourth-order valence-corrected chi connectivity index (χ4v) is 1.62. The fourth-order valence-electron chi connectivity index (χ4n) is 1.43. The third-order valence-corrected chi connectivity index (χ3v) is 2.50. The van der Waals surface area contributed by atoms with Crippen LogP contribution in [0.3, 0.4) is 0 Å². The highest BCUT2D eigenvalue weighted by atomic mass is 35.5. The molecule has 0 bridgehead atoms. The van der Waals surface area contributed by atoms with Crippen LogP contribution in [0.2, 0.25) is 5.02 Å². The average Bonchev–Trinajstić information content (AvgIpc) is 2.77. The van der Waals surface area contributed by atoms with Crippen LogP contribution in [0.4, 0.5) is 0 Å². The summed E-state index contributed by atoms with van der Waals surface area (Å²) in [6, 6.07) is 7.78. The molecule has 2 rings (SSSR count). The van der Waals surface area contributed by atoms with E-state index in [1.165, 1.54) is 18.3 Å². The molecule has 86 valence electrons. The van der Waals surface area contributed by atoms with E-state index in [1.807, 2.05) is 0 Å². The van der Waals surface area contributed by atoms with Gasteiger partial charge in [-0.1, -0.05) is 23.7 Å². The molecule has 1 aromatic heterocycles. The Morgan fingerprint density at radius 2 is 1.94 bits per heavy atom. The minimum absolute atomic E-state index is 0.0513. The van der Waals surface area contributed by atoms with Crippen molar-refractivity contribution in [3.63, 3.8) is 0 Å². The molecule has 0 saturated heterocycles. The second kappa shape index (κ2) is 4.43. The van der Waals surface area contributed by atoms with Gasteiger partial charge in [-0.2, -0.15) is 0 Å². The smallest absolute Gasteiger partial charge is 0.337 e. The Hall–Kier alpha value is -2.07. The molecule has 5 heteroatoms. The highest BCUT2D eigenvalue weighted by Crippen LogP contribution is 2.15. The molecule has 0 saturated carbocycles. The summed E-state index contributed by atoms with van der Waals surface area (Å²) in [6.45, 7) is 0. The highest BCUT2D eigenvalue weighted by Gasteiger charge is 2.14. The van der Waals surface area contributed by atoms with Crippen LogP contribution in [0.1, 0.15) is 26.4 Å². The fraction of sp³-hybridized carbons (Fsp3) is 0. The summed E-state index contributed by atoms with van der Waals surface area (Å²) < 4.78 is 0. The van der Waals surface area contributed by atoms with Crippen molar-refractivity contribution in [3.8, 4) is 0 Å². The molecule has 0 atom stereocenters. The second-order valence-electron chi connectivity index (χ2n) is 3.45.